The summed E-state index contributed by atoms with van der Waals surface area (Å²) < 4.78 is 21.2. The second-order valence-electron chi connectivity index (χ2n) is 5.30. The smallest absolute Gasteiger partial charge is 0.203 e. The Labute approximate surface area is 147 Å². The van der Waals surface area contributed by atoms with Crippen molar-refractivity contribution in [3.05, 3.63) is 47.5 Å². The molecule has 0 bridgehead atoms. The van der Waals surface area contributed by atoms with E-state index in [2.05, 4.69) is 0 Å². The first kappa shape index (κ1) is 18.4. The van der Waals surface area contributed by atoms with Crippen molar-refractivity contribution in [3.8, 4) is 23.0 Å². The van der Waals surface area contributed by atoms with E-state index in [0.29, 0.717) is 28.4 Å². The zero-order valence-corrected chi connectivity index (χ0v) is 15.1. The highest BCUT2D eigenvalue weighted by atomic mass is 16.5. The van der Waals surface area contributed by atoms with Crippen LogP contribution in [0.3, 0.4) is 0 Å². The Kier molecular flexibility index (Phi) is 6.06. The van der Waals surface area contributed by atoms with Gasteiger partial charge in [0.2, 0.25) is 5.75 Å². The predicted octanol–water partition coefficient (Wildman–Crippen LogP) is 3.85. The second kappa shape index (κ2) is 8.24. The lowest BCUT2D eigenvalue weighted by Gasteiger charge is -2.15. The third-order valence-corrected chi connectivity index (χ3v) is 3.78. The molecule has 0 N–H and O–H groups in total. The summed E-state index contributed by atoms with van der Waals surface area (Å²) in [5.74, 6) is 2.18. The normalized spacial score (nSPS) is 11.0. The van der Waals surface area contributed by atoms with Crippen LogP contribution < -0.4 is 18.9 Å². The molecular weight excluding hydrogens is 320 g/mol. The first-order valence-electron chi connectivity index (χ1n) is 7.71. The van der Waals surface area contributed by atoms with Crippen molar-refractivity contribution in [2.75, 3.05) is 28.4 Å². The summed E-state index contributed by atoms with van der Waals surface area (Å²) in [6.07, 6.45) is 1.82. The van der Waals surface area contributed by atoms with Crippen molar-refractivity contribution in [1.29, 1.82) is 0 Å². The van der Waals surface area contributed by atoms with E-state index in [4.69, 9.17) is 18.9 Å². The molecule has 0 aliphatic heterocycles. The minimum Gasteiger partial charge on any atom is -0.497 e. The Balaban J connectivity index is 2.56. The van der Waals surface area contributed by atoms with Gasteiger partial charge in [0.25, 0.3) is 0 Å². The second-order valence-corrected chi connectivity index (χ2v) is 5.30. The first-order valence-corrected chi connectivity index (χ1v) is 7.71. The highest BCUT2D eigenvalue weighted by molar-refractivity contribution is 6.24. The lowest BCUT2D eigenvalue weighted by atomic mass is 9.98. The van der Waals surface area contributed by atoms with Gasteiger partial charge >= 0.3 is 0 Å². The molecule has 5 nitrogen and oxygen atoms in total. The molecule has 2 rings (SSSR count). The van der Waals surface area contributed by atoms with Crippen molar-refractivity contribution in [1.82, 2.24) is 0 Å². The molecule has 0 radical (unpaired) electrons. The Bertz CT molecular complexity index is 750. The molecule has 0 spiro atoms. The number of carbonyl (C=O) groups is 1. The Morgan fingerprint density at radius 1 is 0.840 bits per heavy atom. The maximum atomic E-state index is 12.2. The third kappa shape index (κ3) is 4.12. The fourth-order valence-electron chi connectivity index (χ4n) is 2.49. The zero-order valence-electron chi connectivity index (χ0n) is 15.1. The van der Waals surface area contributed by atoms with Crippen LogP contribution in [0.25, 0.3) is 11.6 Å². The van der Waals surface area contributed by atoms with Gasteiger partial charge < -0.3 is 18.9 Å². The summed E-state index contributed by atoms with van der Waals surface area (Å²) >= 11 is 0. The maximum absolute atomic E-state index is 12.2. The van der Waals surface area contributed by atoms with Crippen LogP contribution >= 0.6 is 0 Å². The van der Waals surface area contributed by atoms with E-state index < -0.39 is 0 Å². The van der Waals surface area contributed by atoms with E-state index in [1.165, 1.54) is 6.92 Å². The van der Waals surface area contributed by atoms with Crippen molar-refractivity contribution >= 4 is 17.4 Å². The zero-order chi connectivity index (χ0) is 18.4. The summed E-state index contributed by atoms with van der Waals surface area (Å²) in [6, 6.07) is 11.0. The van der Waals surface area contributed by atoms with Gasteiger partial charge in [-0.15, -0.1) is 0 Å². The molecule has 0 aliphatic carbocycles. The van der Waals surface area contributed by atoms with Crippen molar-refractivity contribution in [3.63, 3.8) is 0 Å². The molecule has 2 aromatic carbocycles. The van der Waals surface area contributed by atoms with E-state index in [9.17, 15) is 4.79 Å². The minimum absolute atomic E-state index is 0.0647. The van der Waals surface area contributed by atoms with Crippen LogP contribution in [0.5, 0.6) is 23.0 Å². The Hall–Kier alpha value is -2.95. The minimum atomic E-state index is -0.0647. The Morgan fingerprint density at radius 2 is 1.40 bits per heavy atom. The topological polar surface area (TPSA) is 54.0 Å². The SMILES string of the molecule is COc1ccc(/C=C(/C(C)=O)c2cc(OC)c(OC)c(OC)c2)cc1. The molecule has 5 heteroatoms. The molecule has 25 heavy (non-hydrogen) atoms. The molecule has 0 aromatic heterocycles. The Morgan fingerprint density at radius 3 is 1.80 bits per heavy atom. The van der Waals surface area contributed by atoms with Gasteiger partial charge in [-0.3, -0.25) is 4.79 Å². The van der Waals surface area contributed by atoms with E-state index >= 15 is 0 Å². The number of ketones is 1. The molecule has 0 saturated carbocycles. The molecule has 0 amide bonds. The van der Waals surface area contributed by atoms with Gasteiger partial charge in [-0.05, 0) is 48.4 Å². The number of methoxy groups -OCH3 is 4. The van der Waals surface area contributed by atoms with E-state index in [1.807, 2.05) is 30.3 Å². The molecule has 0 atom stereocenters. The van der Waals surface area contributed by atoms with Gasteiger partial charge in [0.05, 0.1) is 28.4 Å². The molecule has 0 saturated heterocycles. The van der Waals surface area contributed by atoms with Crippen LogP contribution in [0.4, 0.5) is 0 Å². The van der Waals surface area contributed by atoms with E-state index in [1.54, 1.807) is 40.6 Å². The van der Waals surface area contributed by atoms with E-state index in [0.717, 1.165) is 11.3 Å². The molecular formula is C20H22O5. The third-order valence-electron chi connectivity index (χ3n) is 3.78. The number of hydrogen-bond donors (Lipinski definition) is 0. The van der Waals surface area contributed by atoms with Crippen molar-refractivity contribution in [2.45, 2.75) is 6.92 Å². The van der Waals surface area contributed by atoms with Crippen LogP contribution in [0.15, 0.2) is 36.4 Å². The summed E-state index contributed by atoms with van der Waals surface area (Å²) in [7, 11) is 6.24. The lowest BCUT2D eigenvalue weighted by Crippen LogP contribution is -2.00. The van der Waals surface area contributed by atoms with Gasteiger partial charge in [0.1, 0.15) is 5.75 Å². The summed E-state index contributed by atoms with van der Waals surface area (Å²) in [4.78, 5) is 12.2. The van der Waals surface area contributed by atoms with Crippen LogP contribution in [-0.4, -0.2) is 34.2 Å². The number of rotatable bonds is 7. The number of ether oxygens (including phenoxy) is 4. The molecule has 0 unspecified atom stereocenters. The van der Waals surface area contributed by atoms with Gasteiger partial charge in [0.15, 0.2) is 17.3 Å². The van der Waals surface area contributed by atoms with Crippen LogP contribution in [-0.2, 0) is 4.79 Å². The largest absolute Gasteiger partial charge is 0.497 e. The molecule has 0 heterocycles. The highest BCUT2D eigenvalue weighted by Crippen LogP contribution is 2.40. The van der Waals surface area contributed by atoms with Gasteiger partial charge in [-0.1, -0.05) is 12.1 Å². The number of benzene rings is 2. The quantitative estimate of drug-likeness (QED) is 0.565. The highest BCUT2D eigenvalue weighted by Gasteiger charge is 2.17. The number of allylic oxidation sites excluding steroid dienone is 1. The van der Waals surface area contributed by atoms with Crippen LogP contribution in [0.1, 0.15) is 18.1 Å². The number of hydrogen-bond acceptors (Lipinski definition) is 5. The fraction of sp³-hybridized carbons (Fsp3) is 0.250. The fourth-order valence-corrected chi connectivity index (χ4v) is 2.49. The monoisotopic (exact) mass is 342 g/mol. The van der Waals surface area contributed by atoms with E-state index in [-0.39, 0.29) is 5.78 Å². The molecule has 2 aromatic rings. The number of carbonyl (C=O) groups excluding carboxylic acids is 1. The number of Topliss-reactive ketones (excluding diaryl/α,β-unsaturated/α-hetero) is 1. The summed E-state index contributed by atoms with van der Waals surface area (Å²) in [5, 5.41) is 0. The van der Waals surface area contributed by atoms with Crippen molar-refractivity contribution < 1.29 is 23.7 Å². The molecule has 0 fully saturated rings. The first-order chi connectivity index (χ1) is 12.0. The van der Waals surface area contributed by atoms with Gasteiger partial charge in [-0.25, -0.2) is 0 Å². The van der Waals surface area contributed by atoms with Crippen LogP contribution in [0.2, 0.25) is 0 Å². The maximum Gasteiger partial charge on any atom is 0.203 e. The average Bonchev–Trinajstić information content (AvgIpc) is 2.64. The molecule has 132 valence electrons. The van der Waals surface area contributed by atoms with Crippen molar-refractivity contribution in [2.24, 2.45) is 0 Å². The lowest BCUT2D eigenvalue weighted by molar-refractivity contribution is -0.111. The predicted molar refractivity (Wildman–Crippen MR) is 97.6 cm³/mol. The van der Waals surface area contributed by atoms with Gasteiger partial charge in [0, 0.05) is 5.57 Å². The molecule has 0 aliphatic rings. The standard InChI is InChI=1S/C20H22O5/c1-13(21)17(10-14-6-8-16(22-2)9-7-14)15-11-18(23-3)20(25-5)19(12-15)24-4/h6-12H,1-5H3/b17-10-. The summed E-state index contributed by atoms with van der Waals surface area (Å²) in [5.41, 5.74) is 2.13. The average molecular weight is 342 g/mol. The summed E-state index contributed by atoms with van der Waals surface area (Å²) in [6.45, 7) is 1.53. The van der Waals surface area contributed by atoms with Crippen LogP contribution in [0, 0.1) is 0 Å². The van der Waals surface area contributed by atoms with Gasteiger partial charge in [-0.2, -0.15) is 0 Å².